The molecule has 4 heteroatoms. The Kier molecular flexibility index (Phi) is 6.48. The van der Waals surface area contributed by atoms with Gasteiger partial charge in [0.05, 0.1) is 24.3 Å². The zero-order valence-electron chi connectivity index (χ0n) is 11.8. The van der Waals surface area contributed by atoms with Gasteiger partial charge in [0, 0.05) is 6.08 Å². The monoisotopic (exact) mass is 272 g/mol. The van der Waals surface area contributed by atoms with Gasteiger partial charge >= 0.3 is 0 Å². The number of carbonyl (C=O) groups is 1. The molecule has 2 N–H and O–H groups in total. The smallest absolute Gasteiger partial charge is 0.244 e. The zero-order valence-corrected chi connectivity index (χ0v) is 11.8. The van der Waals surface area contributed by atoms with Crippen molar-refractivity contribution in [2.24, 2.45) is 5.92 Å². The van der Waals surface area contributed by atoms with Crippen LogP contribution in [-0.4, -0.2) is 23.7 Å². The fourth-order valence-corrected chi connectivity index (χ4v) is 1.88. The second-order valence-electron chi connectivity index (χ2n) is 5.09. The van der Waals surface area contributed by atoms with Crippen molar-refractivity contribution in [1.29, 1.82) is 5.26 Å². The van der Waals surface area contributed by atoms with Gasteiger partial charge in [0.25, 0.3) is 0 Å². The van der Waals surface area contributed by atoms with Gasteiger partial charge in [-0.25, -0.2) is 0 Å². The first kappa shape index (κ1) is 15.9. The minimum atomic E-state index is -0.243. The molecule has 0 saturated carbocycles. The number of rotatable bonds is 6. The molecule has 1 aromatic rings. The van der Waals surface area contributed by atoms with Crippen LogP contribution in [0.4, 0.5) is 0 Å². The van der Waals surface area contributed by atoms with E-state index in [4.69, 9.17) is 5.26 Å². The van der Waals surface area contributed by atoms with Gasteiger partial charge < -0.3 is 10.4 Å². The van der Waals surface area contributed by atoms with E-state index in [2.05, 4.69) is 11.4 Å². The molecule has 0 aromatic heterocycles. The van der Waals surface area contributed by atoms with Gasteiger partial charge in [-0.15, -0.1) is 0 Å². The summed E-state index contributed by atoms with van der Waals surface area (Å²) in [5.41, 5.74) is 1.35. The zero-order chi connectivity index (χ0) is 15.0. The average molecular weight is 272 g/mol. The number of hydrogen-bond donors (Lipinski definition) is 2. The highest BCUT2D eigenvalue weighted by Crippen LogP contribution is 2.07. The predicted molar refractivity (Wildman–Crippen MR) is 78.7 cm³/mol. The second kappa shape index (κ2) is 8.13. The number of aliphatic hydroxyl groups is 1. The highest BCUT2D eigenvalue weighted by Gasteiger charge is 2.11. The van der Waals surface area contributed by atoms with Crippen LogP contribution in [0.3, 0.4) is 0 Å². The lowest BCUT2D eigenvalue weighted by atomic mass is 10.0. The Bertz CT molecular complexity index is 515. The first-order valence-corrected chi connectivity index (χ1v) is 6.64. The Morgan fingerprint density at radius 1 is 1.50 bits per heavy atom. The molecule has 0 fully saturated rings. The highest BCUT2D eigenvalue weighted by molar-refractivity contribution is 5.91. The molecular weight excluding hydrogens is 252 g/mol. The summed E-state index contributed by atoms with van der Waals surface area (Å²) in [5, 5.41) is 20.8. The number of aliphatic hydroxyl groups excluding tert-OH is 1. The molecular formula is C16H20N2O2. The summed E-state index contributed by atoms with van der Waals surface area (Å²) >= 11 is 0. The minimum Gasteiger partial charge on any atom is -0.394 e. The van der Waals surface area contributed by atoms with Crippen LogP contribution in [0, 0.1) is 17.2 Å². The van der Waals surface area contributed by atoms with E-state index in [1.54, 1.807) is 24.3 Å². The fraction of sp³-hybridized carbons (Fsp3) is 0.375. The SMILES string of the molecule is CC(C)CC(CO)NC(=O)C=Cc1cccc(C#N)c1. The largest absolute Gasteiger partial charge is 0.394 e. The van der Waals surface area contributed by atoms with Gasteiger partial charge in [-0.1, -0.05) is 26.0 Å². The lowest BCUT2D eigenvalue weighted by molar-refractivity contribution is -0.117. The number of benzene rings is 1. The summed E-state index contributed by atoms with van der Waals surface area (Å²) in [5.74, 6) is 0.163. The maximum absolute atomic E-state index is 11.7. The van der Waals surface area contributed by atoms with Gasteiger partial charge in [0.1, 0.15) is 0 Å². The van der Waals surface area contributed by atoms with E-state index >= 15 is 0 Å². The Balaban J connectivity index is 2.60. The lowest BCUT2D eigenvalue weighted by Crippen LogP contribution is -2.37. The van der Waals surface area contributed by atoms with E-state index in [9.17, 15) is 9.90 Å². The number of amides is 1. The molecule has 1 atom stereocenters. The number of hydrogen-bond acceptors (Lipinski definition) is 3. The summed E-state index contributed by atoms with van der Waals surface area (Å²) < 4.78 is 0. The van der Waals surface area contributed by atoms with Crippen LogP contribution in [0.5, 0.6) is 0 Å². The Hall–Kier alpha value is -2.12. The topological polar surface area (TPSA) is 73.1 Å². The van der Waals surface area contributed by atoms with E-state index < -0.39 is 0 Å². The summed E-state index contributed by atoms with van der Waals surface area (Å²) in [4.78, 5) is 11.7. The van der Waals surface area contributed by atoms with Crippen LogP contribution in [0.15, 0.2) is 30.3 Å². The highest BCUT2D eigenvalue weighted by atomic mass is 16.3. The van der Waals surface area contributed by atoms with Gasteiger partial charge in [-0.05, 0) is 36.1 Å². The molecule has 106 valence electrons. The van der Waals surface area contributed by atoms with Crippen molar-refractivity contribution >= 4 is 12.0 Å². The van der Waals surface area contributed by atoms with Crippen molar-refractivity contribution in [2.45, 2.75) is 26.3 Å². The standard InChI is InChI=1S/C16H20N2O2/c1-12(2)8-15(11-19)18-16(20)7-6-13-4-3-5-14(9-13)10-17/h3-7,9,12,15,19H,8,11H2,1-2H3,(H,18,20). The number of carbonyl (C=O) groups excluding carboxylic acids is 1. The third-order valence-corrected chi connectivity index (χ3v) is 2.77. The fourth-order valence-electron chi connectivity index (χ4n) is 1.88. The molecule has 0 radical (unpaired) electrons. The van der Waals surface area contributed by atoms with E-state index in [-0.39, 0.29) is 18.6 Å². The van der Waals surface area contributed by atoms with Gasteiger partial charge in [-0.3, -0.25) is 4.79 Å². The van der Waals surface area contributed by atoms with Crippen LogP contribution in [0.1, 0.15) is 31.4 Å². The van der Waals surface area contributed by atoms with Crippen molar-refractivity contribution < 1.29 is 9.90 Å². The molecule has 0 saturated heterocycles. The molecule has 1 amide bonds. The maximum Gasteiger partial charge on any atom is 0.244 e. The Morgan fingerprint density at radius 2 is 2.25 bits per heavy atom. The maximum atomic E-state index is 11.7. The van der Waals surface area contributed by atoms with E-state index in [0.29, 0.717) is 11.5 Å². The Morgan fingerprint density at radius 3 is 2.85 bits per heavy atom. The Labute approximate surface area is 119 Å². The minimum absolute atomic E-state index is 0.0678. The molecule has 1 rings (SSSR count). The normalized spacial score (nSPS) is 12.3. The van der Waals surface area contributed by atoms with Crippen molar-refractivity contribution in [3.63, 3.8) is 0 Å². The molecule has 0 aliphatic rings. The van der Waals surface area contributed by atoms with Crippen molar-refractivity contribution in [1.82, 2.24) is 5.32 Å². The molecule has 0 bridgehead atoms. The third kappa shape index (κ3) is 5.68. The molecule has 20 heavy (non-hydrogen) atoms. The third-order valence-electron chi connectivity index (χ3n) is 2.77. The molecule has 0 aliphatic carbocycles. The van der Waals surface area contributed by atoms with E-state index in [1.807, 2.05) is 19.9 Å². The van der Waals surface area contributed by atoms with Crippen LogP contribution in [0.2, 0.25) is 0 Å². The van der Waals surface area contributed by atoms with Crippen molar-refractivity contribution in [2.75, 3.05) is 6.61 Å². The van der Waals surface area contributed by atoms with Crippen molar-refractivity contribution in [3.05, 3.63) is 41.5 Å². The van der Waals surface area contributed by atoms with Gasteiger partial charge in [-0.2, -0.15) is 5.26 Å². The van der Waals surface area contributed by atoms with E-state index in [0.717, 1.165) is 12.0 Å². The summed E-state index contributed by atoms with van der Waals surface area (Å²) in [6, 6.07) is 8.84. The molecule has 1 aromatic carbocycles. The summed E-state index contributed by atoms with van der Waals surface area (Å²) in [6.45, 7) is 4.01. The van der Waals surface area contributed by atoms with Crippen LogP contribution in [-0.2, 0) is 4.79 Å². The summed E-state index contributed by atoms with van der Waals surface area (Å²) in [7, 11) is 0. The molecule has 4 nitrogen and oxygen atoms in total. The summed E-state index contributed by atoms with van der Waals surface area (Å²) in [6.07, 6.45) is 3.81. The van der Waals surface area contributed by atoms with E-state index in [1.165, 1.54) is 6.08 Å². The predicted octanol–water partition coefficient (Wildman–Crippen LogP) is 2.09. The first-order valence-electron chi connectivity index (χ1n) is 6.64. The quantitative estimate of drug-likeness (QED) is 0.779. The van der Waals surface area contributed by atoms with Gasteiger partial charge in [0.15, 0.2) is 0 Å². The molecule has 0 spiro atoms. The lowest BCUT2D eigenvalue weighted by Gasteiger charge is -2.17. The van der Waals surface area contributed by atoms with Crippen LogP contribution < -0.4 is 5.32 Å². The molecule has 0 aliphatic heterocycles. The van der Waals surface area contributed by atoms with Gasteiger partial charge in [0.2, 0.25) is 5.91 Å². The molecule has 0 heterocycles. The molecule has 1 unspecified atom stereocenters. The number of nitriles is 1. The van der Waals surface area contributed by atoms with Crippen molar-refractivity contribution in [3.8, 4) is 6.07 Å². The second-order valence-corrected chi connectivity index (χ2v) is 5.09. The number of nitrogens with zero attached hydrogens (tertiary/aromatic N) is 1. The van der Waals surface area contributed by atoms with Crippen LogP contribution >= 0.6 is 0 Å². The van der Waals surface area contributed by atoms with Crippen LogP contribution in [0.25, 0.3) is 6.08 Å². The number of nitrogens with one attached hydrogen (secondary N) is 1. The average Bonchev–Trinajstić information content (AvgIpc) is 2.44. The first-order chi connectivity index (χ1) is 9.55.